The molecule has 0 aromatic carbocycles. The van der Waals surface area contributed by atoms with Crippen LogP contribution in [-0.4, -0.2) is 30.6 Å². The van der Waals surface area contributed by atoms with Crippen molar-refractivity contribution in [3.05, 3.63) is 0 Å². The Balaban J connectivity index is 1.73. The van der Waals surface area contributed by atoms with Gasteiger partial charge in [0.25, 0.3) is 0 Å². The van der Waals surface area contributed by atoms with Crippen molar-refractivity contribution in [3.63, 3.8) is 0 Å². The third-order valence-electron chi connectivity index (χ3n) is 4.75. The van der Waals surface area contributed by atoms with E-state index in [4.69, 9.17) is 5.73 Å². The van der Waals surface area contributed by atoms with Crippen molar-refractivity contribution in [3.8, 4) is 0 Å². The minimum absolute atomic E-state index is 0.484. The lowest BCUT2D eigenvalue weighted by molar-refractivity contribution is 0.135. The Morgan fingerprint density at radius 3 is 2.38 bits per heavy atom. The Morgan fingerprint density at radius 1 is 1.06 bits per heavy atom. The summed E-state index contributed by atoms with van der Waals surface area (Å²) < 4.78 is 0. The molecule has 0 aromatic rings. The van der Waals surface area contributed by atoms with Gasteiger partial charge in [0, 0.05) is 12.6 Å². The molecule has 2 aliphatic rings. The smallest absolute Gasteiger partial charge is 0.00793 e. The van der Waals surface area contributed by atoms with Crippen molar-refractivity contribution in [2.45, 2.75) is 57.9 Å². The molecule has 94 valence electrons. The van der Waals surface area contributed by atoms with Crippen LogP contribution in [0.25, 0.3) is 0 Å². The number of nitrogens with zero attached hydrogens (tertiary/aromatic N) is 1. The largest absolute Gasteiger partial charge is 0.327 e. The summed E-state index contributed by atoms with van der Waals surface area (Å²) in [6, 6.07) is 0.484. The van der Waals surface area contributed by atoms with Gasteiger partial charge in [0.05, 0.1) is 0 Å². The topological polar surface area (TPSA) is 29.3 Å². The predicted octanol–water partition coefficient (Wildman–Crippen LogP) is 2.63. The van der Waals surface area contributed by atoms with Crippen LogP contribution in [0.1, 0.15) is 51.9 Å². The van der Waals surface area contributed by atoms with E-state index < -0.39 is 0 Å². The van der Waals surface area contributed by atoms with Gasteiger partial charge in [0.1, 0.15) is 0 Å². The van der Waals surface area contributed by atoms with Gasteiger partial charge in [-0.25, -0.2) is 0 Å². The van der Waals surface area contributed by atoms with E-state index in [2.05, 4.69) is 11.8 Å². The fourth-order valence-electron chi connectivity index (χ4n) is 3.37. The molecule has 1 saturated carbocycles. The second-order valence-electron chi connectivity index (χ2n) is 5.86. The molecule has 0 amide bonds. The van der Waals surface area contributed by atoms with Crippen LogP contribution in [-0.2, 0) is 0 Å². The fourth-order valence-corrected chi connectivity index (χ4v) is 3.37. The van der Waals surface area contributed by atoms with Crippen LogP contribution < -0.4 is 5.73 Å². The van der Waals surface area contributed by atoms with Crippen LogP contribution in [0.15, 0.2) is 0 Å². The van der Waals surface area contributed by atoms with Gasteiger partial charge >= 0.3 is 0 Å². The van der Waals surface area contributed by atoms with E-state index in [9.17, 15) is 0 Å². The standard InChI is InChI=1S/C14H28N2/c1-2-12-7-9-16(10-8-12)11-13-5-3-4-6-14(13)15/h12-14H,2-11,15H2,1H3. The van der Waals surface area contributed by atoms with Crippen LogP contribution in [0, 0.1) is 11.8 Å². The minimum Gasteiger partial charge on any atom is -0.327 e. The van der Waals surface area contributed by atoms with E-state index >= 15 is 0 Å². The summed E-state index contributed by atoms with van der Waals surface area (Å²) in [5.41, 5.74) is 6.22. The van der Waals surface area contributed by atoms with Crippen molar-refractivity contribution >= 4 is 0 Å². The molecule has 2 rings (SSSR count). The van der Waals surface area contributed by atoms with Gasteiger partial charge in [-0.1, -0.05) is 26.2 Å². The lowest BCUT2D eigenvalue weighted by Crippen LogP contribution is -2.43. The summed E-state index contributed by atoms with van der Waals surface area (Å²) in [5.74, 6) is 1.78. The highest BCUT2D eigenvalue weighted by Gasteiger charge is 2.25. The zero-order valence-electron chi connectivity index (χ0n) is 10.8. The number of hydrogen-bond donors (Lipinski definition) is 1. The molecule has 0 radical (unpaired) electrons. The Morgan fingerprint density at radius 2 is 1.75 bits per heavy atom. The van der Waals surface area contributed by atoms with Gasteiger partial charge in [-0.05, 0) is 50.6 Å². The van der Waals surface area contributed by atoms with Gasteiger partial charge in [0.2, 0.25) is 0 Å². The Bertz CT molecular complexity index is 197. The summed E-state index contributed by atoms with van der Waals surface area (Å²) in [6.45, 7) is 6.25. The quantitative estimate of drug-likeness (QED) is 0.798. The Labute approximate surface area is 101 Å². The average Bonchev–Trinajstić information content (AvgIpc) is 2.33. The van der Waals surface area contributed by atoms with Crippen LogP contribution in [0.5, 0.6) is 0 Å². The van der Waals surface area contributed by atoms with Crippen molar-refractivity contribution in [1.29, 1.82) is 0 Å². The summed E-state index contributed by atoms with van der Waals surface area (Å²) in [6.07, 6.45) is 9.60. The molecule has 2 N–H and O–H groups in total. The molecule has 1 aliphatic heterocycles. The van der Waals surface area contributed by atoms with Crippen molar-refractivity contribution < 1.29 is 0 Å². The molecule has 0 bridgehead atoms. The van der Waals surface area contributed by atoms with E-state index in [-0.39, 0.29) is 0 Å². The van der Waals surface area contributed by atoms with Crippen LogP contribution in [0.4, 0.5) is 0 Å². The average molecular weight is 224 g/mol. The maximum absolute atomic E-state index is 6.22. The molecule has 1 aliphatic carbocycles. The number of piperidine rings is 1. The summed E-state index contributed by atoms with van der Waals surface area (Å²) >= 11 is 0. The summed E-state index contributed by atoms with van der Waals surface area (Å²) in [7, 11) is 0. The molecule has 2 nitrogen and oxygen atoms in total. The molecular formula is C14H28N2. The monoisotopic (exact) mass is 224 g/mol. The van der Waals surface area contributed by atoms with Gasteiger partial charge in [-0.15, -0.1) is 0 Å². The Hall–Kier alpha value is -0.0800. The second kappa shape index (κ2) is 6.02. The third kappa shape index (κ3) is 3.21. The van der Waals surface area contributed by atoms with Crippen LogP contribution >= 0.6 is 0 Å². The molecule has 16 heavy (non-hydrogen) atoms. The number of nitrogens with two attached hydrogens (primary N) is 1. The first-order chi connectivity index (χ1) is 7.79. The zero-order valence-corrected chi connectivity index (χ0v) is 10.8. The lowest BCUT2D eigenvalue weighted by Gasteiger charge is -2.37. The maximum Gasteiger partial charge on any atom is 0.00793 e. The molecule has 1 heterocycles. The predicted molar refractivity (Wildman–Crippen MR) is 69.4 cm³/mol. The second-order valence-corrected chi connectivity index (χ2v) is 5.86. The van der Waals surface area contributed by atoms with Gasteiger partial charge in [-0.2, -0.15) is 0 Å². The van der Waals surface area contributed by atoms with Gasteiger partial charge < -0.3 is 10.6 Å². The van der Waals surface area contributed by atoms with Crippen LogP contribution in [0.2, 0.25) is 0 Å². The molecule has 2 atom stereocenters. The minimum atomic E-state index is 0.484. The first-order valence-electron chi connectivity index (χ1n) is 7.27. The van der Waals surface area contributed by atoms with Crippen molar-refractivity contribution in [2.24, 2.45) is 17.6 Å². The SMILES string of the molecule is CCC1CCN(CC2CCCCC2N)CC1. The fraction of sp³-hybridized carbons (Fsp3) is 1.00. The van der Waals surface area contributed by atoms with E-state index in [0.29, 0.717) is 6.04 Å². The summed E-state index contributed by atoms with van der Waals surface area (Å²) in [5, 5.41) is 0. The van der Waals surface area contributed by atoms with Gasteiger partial charge in [-0.3, -0.25) is 0 Å². The molecule has 1 saturated heterocycles. The third-order valence-corrected chi connectivity index (χ3v) is 4.75. The first-order valence-corrected chi connectivity index (χ1v) is 7.27. The molecule has 2 fully saturated rings. The maximum atomic E-state index is 6.22. The molecule has 0 aromatic heterocycles. The molecule has 2 unspecified atom stereocenters. The number of likely N-dealkylation sites (tertiary alicyclic amines) is 1. The highest BCUT2D eigenvalue weighted by molar-refractivity contribution is 4.82. The zero-order chi connectivity index (χ0) is 11.4. The highest BCUT2D eigenvalue weighted by Crippen LogP contribution is 2.26. The molecule has 0 spiro atoms. The van der Waals surface area contributed by atoms with Crippen molar-refractivity contribution in [2.75, 3.05) is 19.6 Å². The number of rotatable bonds is 3. The number of hydrogen-bond acceptors (Lipinski definition) is 2. The molecular weight excluding hydrogens is 196 g/mol. The van der Waals surface area contributed by atoms with Crippen molar-refractivity contribution in [1.82, 2.24) is 4.90 Å². The van der Waals surface area contributed by atoms with E-state index in [1.807, 2.05) is 0 Å². The highest BCUT2D eigenvalue weighted by atomic mass is 15.1. The van der Waals surface area contributed by atoms with E-state index in [1.165, 1.54) is 64.6 Å². The van der Waals surface area contributed by atoms with E-state index in [0.717, 1.165) is 11.8 Å². The van der Waals surface area contributed by atoms with E-state index in [1.54, 1.807) is 0 Å². The summed E-state index contributed by atoms with van der Waals surface area (Å²) in [4.78, 5) is 2.67. The normalized spacial score (nSPS) is 34.1. The van der Waals surface area contributed by atoms with Crippen LogP contribution in [0.3, 0.4) is 0 Å². The van der Waals surface area contributed by atoms with Gasteiger partial charge in [0.15, 0.2) is 0 Å². The first kappa shape index (κ1) is 12.4. The lowest BCUT2D eigenvalue weighted by atomic mass is 9.84. The molecule has 2 heteroatoms. The Kier molecular flexibility index (Phi) is 4.66.